The summed E-state index contributed by atoms with van der Waals surface area (Å²) in [5.41, 5.74) is 0.987. The molecule has 1 aliphatic rings. The topological polar surface area (TPSA) is 46.9 Å². The smallest absolute Gasteiger partial charge is 0.230 e. The predicted molar refractivity (Wildman–Crippen MR) is 89.7 cm³/mol. The molecule has 3 rings (SSSR count). The molecule has 1 fully saturated rings. The number of hydrogen-bond donors (Lipinski definition) is 1. The van der Waals surface area contributed by atoms with Crippen molar-refractivity contribution < 1.29 is 4.79 Å². The van der Waals surface area contributed by atoms with E-state index < -0.39 is 0 Å². The van der Waals surface area contributed by atoms with Gasteiger partial charge in [0.1, 0.15) is 0 Å². The summed E-state index contributed by atoms with van der Waals surface area (Å²) >= 11 is 7.36. The second-order valence-electron chi connectivity index (χ2n) is 5.39. The van der Waals surface area contributed by atoms with Crippen molar-refractivity contribution in [2.75, 3.05) is 5.75 Å². The third-order valence-corrected chi connectivity index (χ3v) is 4.98. The van der Waals surface area contributed by atoms with Gasteiger partial charge >= 0.3 is 0 Å². The van der Waals surface area contributed by atoms with E-state index in [1.54, 1.807) is 6.20 Å². The van der Waals surface area contributed by atoms with Crippen LogP contribution in [0, 0.1) is 0 Å². The fourth-order valence-corrected chi connectivity index (χ4v) is 3.57. The van der Waals surface area contributed by atoms with Gasteiger partial charge in [0.25, 0.3) is 0 Å². The molecule has 116 valence electrons. The summed E-state index contributed by atoms with van der Waals surface area (Å²) in [6.45, 7) is 0. The summed E-state index contributed by atoms with van der Waals surface area (Å²) in [4.78, 5) is 16.3. The quantitative estimate of drug-likeness (QED) is 0.848. The SMILES string of the molecule is O=C(CSc1nccn1-c1ccc(Cl)cc1)NC1CCCC1. The van der Waals surface area contributed by atoms with Gasteiger partial charge < -0.3 is 5.32 Å². The maximum absolute atomic E-state index is 12.0. The Bertz CT molecular complexity index is 635. The summed E-state index contributed by atoms with van der Waals surface area (Å²) in [7, 11) is 0. The number of aromatic nitrogens is 2. The van der Waals surface area contributed by atoms with E-state index in [1.165, 1.54) is 24.6 Å². The molecule has 1 saturated carbocycles. The highest BCUT2D eigenvalue weighted by Crippen LogP contribution is 2.22. The highest BCUT2D eigenvalue weighted by molar-refractivity contribution is 7.99. The van der Waals surface area contributed by atoms with Gasteiger partial charge in [-0.25, -0.2) is 4.98 Å². The fraction of sp³-hybridized carbons (Fsp3) is 0.375. The molecule has 0 radical (unpaired) electrons. The van der Waals surface area contributed by atoms with Crippen LogP contribution in [0.2, 0.25) is 5.02 Å². The van der Waals surface area contributed by atoms with Crippen LogP contribution >= 0.6 is 23.4 Å². The monoisotopic (exact) mass is 335 g/mol. The number of benzene rings is 1. The van der Waals surface area contributed by atoms with Crippen LogP contribution in [0.1, 0.15) is 25.7 Å². The van der Waals surface area contributed by atoms with Gasteiger partial charge in [0.05, 0.1) is 5.75 Å². The van der Waals surface area contributed by atoms with E-state index in [0.717, 1.165) is 23.7 Å². The van der Waals surface area contributed by atoms with Crippen molar-refractivity contribution in [1.29, 1.82) is 0 Å². The lowest BCUT2D eigenvalue weighted by Crippen LogP contribution is -2.33. The van der Waals surface area contributed by atoms with E-state index >= 15 is 0 Å². The first-order valence-corrected chi connectivity index (χ1v) is 8.80. The van der Waals surface area contributed by atoms with Crippen LogP contribution in [-0.2, 0) is 4.79 Å². The molecule has 1 aromatic carbocycles. The predicted octanol–water partition coefficient (Wildman–Crippen LogP) is 3.68. The highest BCUT2D eigenvalue weighted by Gasteiger charge is 2.17. The molecule has 22 heavy (non-hydrogen) atoms. The lowest BCUT2D eigenvalue weighted by atomic mass is 10.2. The van der Waals surface area contributed by atoms with Gasteiger partial charge in [0.15, 0.2) is 5.16 Å². The van der Waals surface area contributed by atoms with Crippen molar-refractivity contribution in [3.63, 3.8) is 0 Å². The highest BCUT2D eigenvalue weighted by atomic mass is 35.5. The largest absolute Gasteiger partial charge is 0.353 e. The summed E-state index contributed by atoms with van der Waals surface area (Å²) in [5, 5.41) is 4.61. The summed E-state index contributed by atoms with van der Waals surface area (Å²) < 4.78 is 1.96. The number of imidazole rings is 1. The van der Waals surface area contributed by atoms with Gasteiger partial charge in [-0.2, -0.15) is 0 Å². The molecule has 6 heteroatoms. The van der Waals surface area contributed by atoms with Gasteiger partial charge in [-0.1, -0.05) is 36.2 Å². The molecule has 2 aromatic rings. The van der Waals surface area contributed by atoms with Crippen molar-refractivity contribution >= 4 is 29.3 Å². The molecule has 1 N–H and O–H groups in total. The number of carbonyl (C=O) groups excluding carboxylic acids is 1. The number of hydrogen-bond acceptors (Lipinski definition) is 3. The second-order valence-corrected chi connectivity index (χ2v) is 6.77. The third-order valence-electron chi connectivity index (χ3n) is 3.76. The number of nitrogens with one attached hydrogen (secondary N) is 1. The van der Waals surface area contributed by atoms with Crippen LogP contribution in [0.3, 0.4) is 0 Å². The molecule has 1 amide bonds. The number of amides is 1. The standard InChI is InChI=1S/C16H18ClN3OS/c17-12-5-7-14(8-6-12)20-10-9-18-16(20)22-11-15(21)19-13-3-1-2-4-13/h5-10,13H,1-4,11H2,(H,19,21). The first kappa shape index (κ1) is 15.4. The zero-order valence-electron chi connectivity index (χ0n) is 12.2. The van der Waals surface area contributed by atoms with Crippen molar-refractivity contribution in [1.82, 2.24) is 14.9 Å². The molecule has 0 saturated heterocycles. The molecular formula is C16H18ClN3OS. The minimum atomic E-state index is 0.0857. The number of rotatable bonds is 5. The van der Waals surface area contributed by atoms with Crippen molar-refractivity contribution in [2.24, 2.45) is 0 Å². The molecule has 1 aliphatic carbocycles. The molecule has 0 bridgehead atoms. The van der Waals surface area contributed by atoms with E-state index in [2.05, 4.69) is 10.3 Å². The Hall–Kier alpha value is -1.46. The first-order chi connectivity index (χ1) is 10.7. The van der Waals surface area contributed by atoms with E-state index in [0.29, 0.717) is 16.8 Å². The Kier molecular flexibility index (Phi) is 5.05. The van der Waals surface area contributed by atoms with E-state index in [9.17, 15) is 4.79 Å². The Morgan fingerprint density at radius 2 is 2.05 bits per heavy atom. The number of halogens is 1. The molecule has 0 spiro atoms. The lowest BCUT2D eigenvalue weighted by molar-refractivity contribution is -0.119. The van der Waals surface area contributed by atoms with Gasteiger partial charge in [-0.05, 0) is 37.1 Å². The van der Waals surface area contributed by atoms with E-state index in [1.807, 2.05) is 35.0 Å². The molecule has 1 aromatic heterocycles. The molecule has 0 unspecified atom stereocenters. The van der Waals surface area contributed by atoms with Gasteiger partial charge in [0.2, 0.25) is 5.91 Å². The van der Waals surface area contributed by atoms with Crippen molar-refractivity contribution in [3.8, 4) is 5.69 Å². The fourth-order valence-electron chi connectivity index (χ4n) is 2.66. The van der Waals surface area contributed by atoms with Crippen molar-refractivity contribution in [3.05, 3.63) is 41.7 Å². The average molecular weight is 336 g/mol. The molecule has 4 nitrogen and oxygen atoms in total. The Morgan fingerprint density at radius 1 is 1.32 bits per heavy atom. The maximum atomic E-state index is 12.0. The lowest BCUT2D eigenvalue weighted by Gasteiger charge is -2.12. The van der Waals surface area contributed by atoms with Crippen LogP contribution in [0.5, 0.6) is 0 Å². The normalized spacial score (nSPS) is 15.1. The summed E-state index contributed by atoms with van der Waals surface area (Å²) in [5.74, 6) is 0.476. The summed E-state index contributed by atoms with van der Waals surface area (Å²) in [6.07, 6.45) is 8.29. The number of thioether (sulfide) groups is 1. The zero-order chi connectivity index (χ0) is 15.4. The molecule has 0 aliphatic heterocycles. The van der Waals surface area contributed by atoms with Crippen LogP contribution in [0.4, 0.5) is 0 Å². The average Bonchev–Trinajstić information content (AvgIpc) is 3.17. The third kappa shape index (κ3) is 3.84. The number of nitrogens with zero attached hydrogens (tertiary/aromatic N) is 2. The molecular weight excluding hydrogens is 318 g/mol. The van der Waals surface area contributed by atoms with Crippen molar-refractivity contribution in [2.45, 2.75) is 36.9 Å². The van der Waals surface area contributed by atoms with Crippen LogP contribution in [-0.4, -0.2) is 27.3 Å². The first-order valence-electron chi connectivity index (χ1n) is 7.44. The minimum Gasteiger partial charge on any atom is -0.353 e. The van der Waals surface area contributed by atoms with Crippen LogP contribution < -0.4 is 5.32 Å². The van der Waals surface area contributed by atoms with Gasteiger partial charge in [0, 0.05) is 29.1 Å². The zero-order valence-corrected chi connectivity index (χ0v) is 13.7. The number of carbonyl (C=O) groups is 1. The second kappa shape index (κ2) is 7.20. The Balaban J connectivity index is 1.60. The van der Waals surface area contributed by atoms with E-state index in [-0.39, 0.29) is 5.91 Å². The van der Waals surface area contributed by atoms with E-state index in [4.69, 9.17) is 11.6 Å². The molecule has 0 atom stereocenters. The Morgan fingerprint density at radius 3 is 2.77 bits per heavy atom. The maximum Gasteiger partial charge on any atom is 0.230 e. The van der Waals surface area contributed by atoms with Crippen LogP contribution in [0.25, 0.3) is 5.69 Å². The van der Waals surface area contributed by atoms with Gasteiger partial charge in [-0.15, -0.1) is 0 Å². The Labute approximate surface area is 139 Å². The summed E-state index contributed by atoms with van der Waals surface area (Å²) in [6, 6.07) is 7.93. The van der Waals surface area contributed by atoms with Gasteiger partial charge in [-0.3, -0.25) is 9.36 Å². The van der Waals surface area contributed by atoms with Crippen LogP contribution in [0.15, 0.2) is 41.8 Å². The minimum absolute atomic E-state index is 0.0857. The molecule has 1 heterocycles.